The lowest BCUT2D eigenvalue weighted by Gasteiger charge is -2.28. The number of nitrogens with one attached hydrogen (secondary N) is 1. The van der Waals surface area contributed by atoms with Crippen LogP contribution in [0.1, 0.15) is 15.9 Å². The van der Waals surface area contributed by atoms with Gasteiger partial charge in [-0.15, -0.1) is 0 Å². The van der Waals surface area contributed by atoms with E-state index in [1.165, 1.54) is 14.2 Å². The van der Waals surface area contributed by atoms with Crippen LogP contribution in [0.25, 0.3) is 0 Å². The van der Waals surface area contributed by atoms with Crippen molar-refractivity contribution in [2.24, 2.45) is 5.10 Å². The topological polar surface area (TPSA) is 72.4 Å². The van der Waals surface area contributed by atoms with E-state index in [0.717, 1.165) is 37.6 Å². The van der Waals surface area contributed by atoms with Crippen molar-refractivity contribution < 1.29 is 19.0 Å². The number of hydrogen-bond donors (Lipinski definition) is 1. The van der Waals surface area contributed by atoms with Gasteiger partial charge in [0.05, 0.1) is 33.6 Å². The summed E-state index contributed by atoms with van der Waals surface area (Å²) in [5, 5.41) is 4.03. The highest BCUT2D eigenvalue weighted by Crippen LogP contribution is 2.22. The maximum atomic E-state index is 12.3. The fourth-order valence-electron chi connectivity index (χ4n) is 2.76. The fraction of sp³-hybridized carbons (Fsp3) is 0.300. The number of benzene rings is 2. The van der Waals surface area contributed by atoms with Crippen LogP contribution in [0.4, 0.5) is 5.69 Å². The van der Waals surface area contributed by atoms with E-state index in [1.54, 1.807) is 24.4 Å². The molecule has 27 heavy (non-hydrogen) atoms. The zero-order chi connectivity index (χ0) is 19.1. The predicted octanol–water partition coefficient (Wildman–Crippen LogP) is 2.30. The van der Waals surface area contributed by atoms with Gasteiger partial charge in [-0.2, -0.15) is 5.10 Å². The number of amides is 1. The first kappa shape index (κ1) is 18.7. The normalized spacial score (nSPS) is 14.2. The number of anilines is 1. The highest BCUT2D eigenvalue weighted by Gasteiger charge is 2.11. The Morgan fingerprint density at radius 2 is 1.70 bits per heavy atom. The van der Waals surface area contributed by atoms with Crippen LogP contribution in [0.15, 0.2) is 47.6 Å². The second-order valence-electron chi connectivity index (χ2n) is 5.99. The van der Waals surface area contributed by atoms with E-state index in [-0.39, 0.29) is 5.91 Å². The second kappa shape index (κ2) is 9.05. The Hall–Kier alpha value is -3.06. The van der Waals surface area contributed by atoms with Gasteiger partial charge in [0, 0.05) is 30.4 Å². The number of hydrogen-bond acceptors (Lipinski definition) is 6. The van der Waals surface area contributed by atoms with E-state index in [1.807, 2.05) is 24.3 Å². The third-order valence-electron chi connectivity index (χ3n) is 4.26. The molecule has 1 amide bonds. The minimum absolute atomic E-state index is 0.339. The van der Waals surface area contributed by atoms with Crippen LogP contribution in [0.5, 0.6) is 11.5 Å². The third-order valence-corrected chi connectivity index (χ3v) is 4.26. The van der Waals surface area contributed by atoms with Crippen molar-refractivity contribution in [1.29, 1.82) is 0 Å². The molecule has 1 heterocycles. The summed E-state index contributed by atoms with van der Waals surface area (Å²) >= 11 is 0. The van der Waals surface area contributed by atoms with Crippen LogP contribution in [-0.2, 0) is 4.74 Å². The molecule has 2 aromatic rings. The van der Waals surface area contributed by atoms with Gasteiger partial charge in [-0.1, -0.05) is 12.1 Å². The minimum Gasteiger partial charge on any atom is -0.497 e. The maximum absolute atomic E-state index is 12.3. The van der Waals surface area contributed by atoms with Gasteiger partial charge in [0.2, 0.25) is 0 Å². The molecule has 0 unspecified atom stereocenters. The summed E-state index contributed by atoms with van der Waals surface area (Å²) in [6.07, 6.45) is 1.61. The monoisotopic (exact) mass is 369 g/mol. The van der Waals surface area contributed by atoms with E-state index in [9.17, 15) is 4.79 Å². The summed E-state index contributed by atoms with van der Waals surface area (Å²) < 4.78 is 15.7. The maximum Gasteiger partial charge on any atom is 0.271 e. The van der Waals surface area contributed by atoms with Crippen LogP contribution in [0, 0.1) is 0 Å². The van der Waals surface area contributed by atoms with Crippen molar-refractivity contribution in [2.45, 2.75) is 0 Å². The molecule has 142 valence electrons. The molecule has 3 rings (SSSR count). The average molecular weight is 369 g/mol. The van der Waals surface area contributed by atoms with E-state index >= 15 is 0 Å². The van der Waals surface area contributed by atoms with E-state index in [0.29, 0.717) is 17.1 Å². The quantitative estimate of drug-likeness (QED) is 0.625. The highest BCUT2D eigenvalue weighted by atomic mass is 16.5. The van der Waals surface area contributed by atoms with Crippen molar-refractivity contribution in [2.75, 3.05) is 45.4 Å². The Morgan fingerprint density at radius 1 is 1.07 bits per heavy atom. The Bertz CT molecular complexity index is 777. The Morgan fingerprint density at radius 3 is 2.30 bits per heavy atom. The first-order chi connectivity index (χ1) is 13.2. The van der Waals surface area contributed by atoms with Crippen molar-refractivity contribution in [3.63, 3.8) is 0 Å². The number of methoxy groups -OCH3 is 2. The van der Waals surface area contributed by atoms with Gasteiger partial charge in [-0.3, -0.25) is 4.79 Å². The molecule has 0 spiro atoms. The molecule has 1 N–H and O–H groups in total. The standard InChI is InChI=1S/C20H23N3O4/c1-25-18-11-16(12-19(13-18)26-2)20(24)22-21-14-15-3-5-17(6-4-15)23-7-9-27-10-8-23/h3-6,11-14H,7-10H2,1-2H3,(H,22,24). The summed E-state index contributed by atoms with van der Waals surface area (Å²) in [6.45, 7) is 3.30. The van der Waals surface area contributed by atoms with Gasteiger partial charge in [0.15, 0.2) is 0 Å². The molecule has 0 atom stereocenters. The molecule has 7 nitrogen and oxygen atoms in total. The summed E-state index contributed by atoms with van der Waals surface area (Å²) in [7, 11) is 3.07. The second-order valence-corrected chi connectivity index (χ2v) is 5.99. The molecule has 1 saturated heterocycles. The molecular weight excluding hydrogens is 346 g/mol. The third kappa shape index (κ3) is 4.98. The van der Waals surface area contributed by atoms with Gasteiger partial charge >= 0.3 is 0 Å². The molecule has 1 aliphatic heterocycles. The lowest BCUT2D eigenvalue weighted by molar-refractivity contribution is 0.0954. The highest BCUT2D eigenvalue weighted by molar-refractivity contribution is 5.95. The van der Waals surface area contributed by atoms with Crippen LogP contribution in [0.3, 0.4) is 0 Å². The number of ether oxygens (including phenoxy) is 3. The lowest BCUT2D eigenvalue weighted by Crippen LogP contribution is -2.36. The number of morpholine rings is 1. The molecule has 0 bridgehead atoms. The number of nitrogens with zero attached hydrogens (tertiary/aromatic N) is 2. The molecule has 2 aromatic carbocycles. The van der Waals surface area contributed by atoms with Gasteiger partial charge in [0.1, 0.15) is 11.5 Å². The minimum atomic E-state index is -0.339. The molecule has 0 radical (unpaired) electrons. The smallest absolute Gasteiger partial charge is 0.271 e. The van der Waals surface area contributed by atoms with Crippen molar-refractivity contribution in [3.8, 4) is 11.5 Å². The first-order valence-corrected chi connectivity index (χ1v) is 8.69. The Balaban J connectivity index is 1.60. The van der Waals surface area contributed by atoms with Crippen LogP contribution in [-0.4, -0.2) is 52.6 Å². The lowest BCUT2D eigenvalue weighted by atomic mass is 10.2. The first-order valence-electron chi connectivity index (χ1n) is 8.69. The van der Waals surface area contributed by atoms with Gasteiger partial charge < -0.3 is 19.1 Å². The number of carbonyl (C=O) groups is 1. The van der Waals surface area contributed by atoms with Crippen LogP contribution < -0.4 is 19.8 Å². The zero-order valence-electron chi connectivity index (χ0n) is 15.5. The summed E-state index contributed by atoms with van der Waals surface area (Å²) in [5.74, 6) is 0.748. The number of rotatable bonds is 6. The van der Waals surface area contributed by atoms with E-state index in [4.69, 9.17) is 14.2 Å². The molecule has 0 aromatic heterocycles. The van der Waals surface area contributed by atoms with Gasteiger partial charge in [-0.25, -0.2) is 5.43 Å². The molecule has 0 saturated carbocycles. The largest absolute Gasteiger partial charge is 0.497 e. The Kier molecular flexibility index (Phi) is 6.27. The summed E-state index contributed by atoms with van der Waals surface area (Å²) in [4.78, 5) is 14.6. The average Bonchev–Trinajstić information content (AvgIpc) is 2.74. The van der Waals surface area contributed by atoms with Crippen molar-refractivity contribution in [3.05, 3.63) is 53.6 Å². The van der Waals surface area contributed by atoms with Gasteiger partial charge in [-0.05, 0) is 29.8 Å². The van der Waals surface area contributed by atoms with Gasteiger partial charge in [0.25, 0.3) is 5.91 Å². The molecule has 0 aliphatic carbocycles. The SMILES string of the molecule is COc1cc(OC)cc(C(=O)NN=Cc2ccc(N3CCOCC3)cc2)c1. The van der Waals surface area contributed by atoms with Crippen LogP contribution in [0.2, 0.25) is 0 Å². The number of carbonyl (C=O) groups excluding carboxylic acids is 1. The molecule has 1 fully saturated rings. The predicted molar refractivity (Wildman–Crippen MR) is 104 cm³/mol. The summed E-state index contributed by atoms with van der Waals surface area (Å²) in [5.41, 5.74) is 4.98. The zero-order valence-corrected chi connectivity index (χ0v) is 15.5. The van der Waals surface area contributed by atoms with E-state index < -0.39 is 0 Å². The molecule has 1 aliphatic rings. The fourth-order valence-corrected chi connectivity index (χ4v) is 2.76. The molecule has 7 heteroatoms. The summed E-state index contributed by atoms with van der Waals surface area (Å²) in [6, 6.07) is 13.0. The number of hydrazone groups is 1. The molecular formula is C20H23N3O4. The van der Waals surface area contributed by atoms with E-state index in [2.05, 4.69) is 15.4 Å². The van der Waals surface area contributed by atoms with Crippen molar-refractivity contribution in [1.82, 2.24) is 5.43 Å². The Labute approximate surface area is 158 Å². The van der Waals surface area contributed by atoms with Crippen molar-refractivity contribution >= 4 is 17.8 Å². The van der Waals surface area contributed by atoms with Crippen LogP contribution >= 0.6 is 0 Å².